The van der Waals surface area contributed by atoms with Crippen LogP contribution in [0.15, 0.2) is 12.2 Å². The molecule has 120 valence electrons. The minimum absolute atomic E-state index is 0.260. The van der Waals surface area contributed by atoms with E-state index in [1.807, 2.05) is 19.1 Å². The van der Waals surface area contributed by atoms with Gasteiger partial charge < -0.3 is 9.47 Å². The number of hydrogen-bond donors (Lipinski definition) is 0. The lowest BCUT2D eigenvalue weighted by Gasteiger charge is -2.26. The van der Waals surface area contributed by atoms with Crippen molar-refractivity contribution in [2.24, 2.45) is 17.8 Å². The van der Waals surface area contributed by atoms with Gasteiger partial charge in [-0.2, -0.15) is 0 Å². The van der Waals surface area contributed by atoms with E-state index in [0.717, 1.165) is 19.3 Å². The van der Waals surface area contributed by atoms with Crippen LogP contribution in [-0.2, 0) is 19.1 Å². The molecule has 2 atom stereocenters. The molecule has 1 aliphatic carbocycles. The summed E-state index contributed by atoms with van der Waals surface area (Å²) in [5, 5.41) is 0. The van der Waals surface area contributed by atoms with E-state index >= 15 is 0 Å². The summed E-state index contributed by atoms with van der Waals surface area (Å²) in [5.74, 6) is -0.918. The highest BCUT2D eigenvalue weighted by atomic mass is 16.5. The first-order valence-corrected chi connectivity index (χ1v) is 8.12. The molecule has 0 spiro atoms. The molecule has 0 radical (unpaired) electrons. The molecule has 0 amide bonds. The molecular formula is C17H28O4. The Kier molecular flexibility index (Phi) is 8.09. The summed E-state index contributed by atoms with van der Waals surface area (Å²) in [6, 6.07) is 0. The van der Waals surface area contributed by atoms with Crippen LogP contribution in [-0.4, -0.2) is 25.2 Å². The highest BCUT2D eigenvalue weighted by molar-refractivity contribution is 5.82. The number of hydrogen-bond acceptors (Lipinski definition) is 4. The Morgan fingerprint density at radius 2 is 1.52 bits per heavy atom. The van der Waals surface area contributed by atoms with Gasteiger partial charge in [-0.1, -0.05) is 45.8 Å². The maximum Gasteiger partial charge on any atom is 0.310 e. The molecule has 1 aliphatic rings. The van der Waals surface area contributed by atoms with Gasteiger partial charge in [-0.25, -0.2) is 0 Å². The fraction of sp³-hybridized carbons (Fsp3) is 0.765. The lowest BCUT2D eigenvalue weighted by atomic mass is 9.83. The predicted octanol–water partition coefficient (Wildman–Crippen LogP) is 3.50. The van der Waals surface area contributed by atoms with Gasteiger partial charge in [0.05, 0.1) is 25.0 Å². The number of carbonyl (C=O) groups excluding carboxylic acids is 2. The second kappa shape index (κ2) is 9.59. The average Bonchev–Trinajstić information content (AvgIpc) is 2.53. The summed E-state index contributed by atoms with van der Waals surface area (Å²) in [4.78, 5) is 24.3. The molecule has 21 heavy (non-hydrogen) atoms. The van der Waals surface area contributed by atoms with E-state index in [1.165, 1.54) is 0 Å². The van der Waals surface area contributed by atoms with Gasteiger partial charge in [-0.15, -0.1) is 0 Å². The molecule has 0 fully saturated rings. The van der Waals surface area contributed by atoms with E-state index < -0.39 is 11.8 Å². The van der Waals surface area contributed by atoms with E-state index in [1.54, 1.807) is 0 Å². The summed E-state index contributed by atoms with van der Waals surface area (Å²) in [5.41, 5.74) is 0. The lowest BCUT2D eigenvalue weighted by Crippen LogP contribution is -2.34. The van der Waals surface area contributed by atoms with Crippen LogP contribution in [0, 0.1) is 17.8 Å². The smallest absolute Gasteiger partial charge is 0.310 e. The van der Waals surface area contributed by atoms with Gasteiger partial charge >= 0.3 is 11.9 Å². The summed E-state index contributed by atoms with van der Waals surface area (Å²) in [6.07, 6.45) is 7.81. The van der Waals surface area contributed by atoms with Gasteiger partial charge in [-0.3, -0.25) is 9.59 Å². The fourth-order valence-electron chi connectivity index (χ4n) is 2.48. The van der Waals surface area contributed by atoms with Crippen LogP contribution in [0.4, 0.5) is 0 Å². The Morgan fingerprint density at radius 1 is 1.00 bits per heavy atom. The third kappa shape index (κ3) is 5.52. The van der Waals surface area contributed by atoms with Crippen molar-refractivity contribution in [1.29, 1.82) is 0 Å². The zero-order valence-electron chi connectivity index (χ0n) is 13.5. The van der Waals surface area contributed by atoms with Gasteiger partial charge in [-0.05, 0) is 25.2 Å². The molecule has 0 aliphatic heterocycles. The quantitative estimate of drug-likeness (QED) is 0.508. The summed E-state index contributed by atoms with van der Waals surface area (Å²) >= 11 is 0. The van der Waals surface area contributed by atoms with Crippen molar-refractivity contribution >= 4 is 11.9 Å². The first-order valence-electron chi connectivity index (χ1n) is 8.12. The van der Waals surface area contributed by atoms with Crippen LogP contribution in [0.1, 0.15) is 52.9 Å². The summed E-state index contributed by atoms with van der Waals surface area (Å²) in [7, 11) is 0. The Morgan fingerprint density at radius 3 is 2.00 bits per heavy atom. The maximum absolute atomic E-state index is 12.3. The molecule has 0 N–H and O–H groups in total. The number of esters is 2. The minimum Gasteiger partial charge on any atom is -0.465 e. The van der Waals surface area contributed by atoms with Crippen molar-refractivity contribution in [3.63, 3.8) is 0 Å². The molecular weight excluding hydrogens is 268 g/mol. The van der Waals surface area contributed by atoms with E-state index in [4.69, 9.17) is 9.47 Å². The maximum atomic E-state index is 12.3. The van der Waals surface area contributed by atoms with Crippen molar-refractivity contribution in [1.82, 2.24) is 0 Å². The molecule has 4 heteroatoms. The second-order valence-corrected chi connectivity index (χ2v) is 5.64. The van der Waals surface area contributed by atoms with Crippen LogP contribution in [0.25, 0.3) is 0 Å². The Bertz CT molecular complexity index is 358. The van der Waals surface area contributed by atoms with Gasteiger partial charge in [0.1, 0.15) is 0 Å². The lowest BCUT2D eigenvalue weighted by molar-refractivity contribution is -0.161. The molecule has 0 aromatic heterocycles. The van der Waals surface area contributed by atoms with Crippen molar-refractivity contribution in [3.05, 3.63) is 12.2 Å². The van der Waals surface area contributed by atoms with Crippen molar-refractivity contribution < 1.29 is 19.1 Å². The highest BCUT2D eigenvalue weighted by Crippen LogP contribution is 2.28. The first kappa shape index (κ1) is 17.7. The molecule has 0 aromatic carbocycles. The summed E-state index contributed by atoms with van der Waals surface area (Å²) in [6.45, 7) is 7.00. The standard InChI is InChI=1S/C17H28O4/c1-4-11-20-16(18)14-9-7-8-10-15(14)17(19)21-12-13(5-2)6-3/h7-8,13-15H,4-6,9-12H2,1-3H3. The molecule has 4 nitrogen and oxygen atoms in total. The number of allylic oxidation sites excluding steroid dienone is 2. The second-order valence-electron chi connectivity index (χ2n) is 5.64. The number of ether oxygens (including phenoxy) is 2. The van der Waals surface area contributed by atoms with Crippen molar-refractivity contribution in [2.45, 2.75) is 52.9 Å². The monoisotopic (exact) mass is 296 g/mol. The zero-order valence-corrected chi connectivity index (χ0v) is 13.5. The van der Waals surface area contributed by atoms with E-state index in [-0.39, 0.29) is 11.9 Å². The molecule has 0 heterocycles. The summed E-state index contributed by atoms with van der Waals surface area (Å²) < 4.78 is 10.6. The van der Waals surface area contributed by atoms with E-state index in [9.17, 15) is 9.59 Å². The Hall–Kier alpha value is -1.32. The fourth-order valence-corrected chi connectivity index (χ4v) is 2.48. The topological polar surface area (TPSA) is 52.6 Å². The first-order chi connectivity index (χ1) is 10.1. The highest BCUT2D eigenvalue weighted by Gasteiger charge is 2.36. The van der Waals surface area contributed by atoms with Crippen LogP contribution in [0.3, 0.4) is 0 Å². The molecule has 2 unspecified atom stereocenters. The molecule has 0 saturated carbocycles. The SMILES string of the molecule is CCCOC(=O)C1CC=CCC1C(=O)OCC(CC)CC. The van der Waals surface area contributed by atoms with Crippen LogP contribution >= 0.6 is 0 Å². The third-order valence-electron chi connectivity index (χ3n) is 4.10. The van der Waals surface area contributed by atoms with Crippen LogP contribution in [0.5, 0.6) is 0 Å². The average molecular weight is 296 g/mol. The molecule has 1 rings (SSSR count). The largest absolute Gasteiger partial charge is 0.465 e. The van der Waals surface area contributed by atoms with Gasteiger partial charge in [0.15, 0.2) is 0 Å². The van der Waals surface area contributed by atoms with Crippen molar-refractivity contribution in [3.8, 4) is 0 Å². The third-order valence-corrected chi connectivity index (χ3v) is 4.10. The van der Waals surface area contributed by atoms with Crippen LogP contribution < -0.4 is 0 Å². The van der Waals surface area contributed by atoms with Crippen molar-refractivity contribution in [2.75, 3.05) is 13.2 Å². The van der Waals surface area contributed by atoms with Gasteiger partial charge in [0, 0.05) is 0 Å². The predicted molar refractivity (Wildman–Crippen MR) is 81.6 cm³/mol. The van der Waals surface area contributed by atoms with Gasteiger partial charge in [0.25, 0.3) is 0 Å². The molecule has 0 saturated heterocycles. The molecule has 0 bridgehead atoms. The van der Waals surface area contributed by atoms with E-state index in [2.05, 4.69) is 13.8 Å². The Balaban J connectivity index is 2.57. The molecule has 0 aromatic rings. The minimum atomic E-state index is -0.395. The zero-order chi connectivity index (χ0) is 15.7. The van der Waals surface area contributed by atoms with E-state index in [0.29, 0.717) is 32.0 Å². The van der Waals surface area contributed by atoms with Gasteiger partial charge in [0.2, 0.25) is 0 Å². The Labute approximate surface area is 127 Å². The number of carbonyl (C=O) groups is 2. The normalized spacial score (nSPS) is 21.3. The number of rotatable bonds is 8. The van der Waals surface area contributed by atoms with Crippen LogP contribution in [0.2, 0.25) is 0 Å².